The van der Waals surface area contributed by atoms with Gasteiger partial charge in [0.2, 0.25) is 5.13 Å². The van der Waals surface area contributed by atoms with E-state index in [0.717, 1.165) is 0 Å². The van der Waals surface area contributed by atoms with Gasteiger partial charge in [0.1, 0.15) is 28.8 Å². The highest BCUT2D eigenvalue weighted by molar-refractivity contribution is 7.15. The number of benzene rings is 1. The maximum Gasteiger partial charge on any atom is 0.309 e. The van der Waals surface area contributed by atoms with Crippen LogP contribution in [-0.2, 0) is 6.54 Å². The molecule has 1 unspecified atom stereocenters. The average Bonchev–Trinajstić information content (AvgIpc) is 3.45. The van der Waals surface area contributed by atoms with Crippen LogP contribution in [0.15, 0.2) is 36.7 Å². The van der Waals surface area contributed by atoms with Crippen LogP contribution < -0.4 is 5.32 Å². The summed E-state index contributed by atoms with van der Waals surface area (Å²) < 4.78 is 17.0. The monoisotopic (exact) mass is 462 g/mol. The van der Waals surface area contributed by atoms with Crippen molar-refractivity contribution in [3.8, 4) is 0 Å². The van der Waals surface area contributed by atoms with E-state index in [-0.39, 0.29) is 18.3 Å². The van der Waals surface area contributed by atoms with Crippen LogP contribution in [0, 0.1) is 22.9 Å². The van der Waals surface area contributed by atoms with Crippen molar-refractivity contribution in [2.75, 3.05) is 5.32 Å². The smallest absolute Gasteiger partial charge is 0.309 e. The fourth-order valence-electron chi connectivity index (χ4n) is 2.89. The van der Waals surface area contributed by atoms with E-state index in [1.54, 1.807) is 36.0 Å². The van der Waals surface area contributed by atoms with Gasteiger partial charge in [-0.2, -0.15) is 10.2 Å². The lowest BCUT2D eigenvalue weighted by atomic mass is 10.2. The normalized spacial score (nSPS) is 12.1. The highest BCUT2D eigenvalue weighted by Crippen LogP contribution is 2.28. The van der Waals surface area contributed by atoms with E-state index in [1.165, 1.54) is 28.3 Å². The first-order valence-electron chi connectivity index (χ1n) is 9.08. The Balaban J connectivity index is 1.46. The summed E-state index contributed by atoms with van der Waals surface area (Å²) in [5, 5.41) is 32.3. The van der Waals surface area contributed by atoms with E-state index in [1.807, 2.05) is 6.92 Å². The van der Waals surface area contributed by atoms with Crippen molar-refractivity contribution in [1.82, 2.24) is 29.8 Å². The molecule has 3 aromatic heterocycles. The second-order valence-electron chi connectivity index (χ2n) is 6.68. The third kappa shape index (κ3) is 4.39. The van der Waals surface area contributed by atoms with Gasteiger partial charge in [0.25, 0.3) is 0 Å². The zero-order valence-electron chi connectivity index (χ0n) is 16.4. The molecule has 13 heteroatoms. The second kappa shape index (κ2) is 8.40. The molecule has 0 aliphatic rings. The Morgan fingerprint density at radius 3 is 2.84 bits per heavy atom. The highest BCUT2D eigenvalue weighted by Gasteiger charge is 2.21. The van der Waals surface area contributed by atoms with Crippen LogP contribution in [-0.4, -0.2) is 34.7 Å². The number of hydrogen-bond acceptors (Lipinski definition) is 8. The first-order chi connectivity index (χ1) is 14.8. The summed E-state index contributed by atoms with van der Waals surface area (Å²) in [7, 11) is 0. The standard InChI is InChI=1S/C18H16ClFN8O2S/c1-10-15(28(29)30)9-27(24-10)11(2)17-22-23-18(31-17)21-16-6-7-26(25-16)8-12-13(19)4-3-5-14(12)20/h3-7,9,11H,8H2,1-2H3,(H,21,23,25). The maximum absolute atomic E-state index is 14.0. The number of aryl methyl sites for hydroxylation is 1. The van der Waals surface area contributed by atoms with Crippen molar-refractivity contribution >= 4 is 39.6 Å². The van der Waals surface area contributed by atoms with Crippen molar-refractivity contribution in [3.05, 3.63) is 73.9 Å². The Kier molecular flexibility index (Phi) is 5.65. The molecule has 1 aromatic carbocycles. The molecule has 0 saturated carbocycles. The lowest BCUT2D eigenvalue weighted by Gasteiger charge is -2.06. The van der Waals surface area contributed by atoms with E-state index in [0.29, 0.717) is 32.2 Å². The van der Waals surface area contributed by atoms with Gasteiger partial charge in [-0.3, -0.25) is 19.5 Å². The van der Waals surface area contributed by atoms with Gasteiger partial charge >= 0.3 is 5.69 Å². The summed E-state index contributed by atoms with van der Waals surface area (Å²) in [5.41, 5.74) is 0.643. The van der Waals surface area contributed by atoms with Crippen molar-refractivity contribution in [2.45, 2.75) is 26.4 Å². The number of rotatable bonds is 7. The van der Waals surface area contributed by atoms with Crippen LogP contribution >= 0.6 is 22.9 Å². The molecule has 31 heavy (non-hydrogen) atoms. The van der Waals surface area contributed by atoms with Crippen LogP contribution in [0.25, 0.3) is 0 Å². The van der Waals surface area contributed by atoms with Crippen molar-refractivity contribution in [2.24, 2.45) is 0 Å². The number of nitrogens with zero attached hydrogens (tertiary/aromatic N) is 7. The molecule has 0 spiro atoms. The van der Waals surface area contributed by atoms with Gasteiger partial charge in [0.05, 0.1) is 11.5 Å². The predicted octanol–water partition coefficient (Wildman–Crippen LogP) is 4.34. The lowest BCUT2D eigenvalue weighted by Crippen LogP contribution is -2.07. The lowest BCUT2D eigenvalue weighted by molar-refractivity contribution is -0.385. The number of nitrogens with one attached hydrogen (secondary N) is 1. The summed E-state index contributed by atoms with van der Waals surface area (Å²) in [6.45, 7) is 3.59. The molecule has 0 bridgehead atoms. The maximum atomic E-state index is 14.0. The minimum absolute atomic E-state index is 0.0461. The Bertz CT molecular complexity index is 1230. The van der Waals surface area contributed by atoms with Crippen LogP contribution in [0.5, 0.6) is 0 Å². The van der Waals surface area contributed by atoms with Crippen LogP contribution in [0.1, 0.15) is 29.2 Å². The topological polar surface area (TPSA) is 117 Å². The SMILES string of the molecule is Cc1nn(C(C)c2nnc(Nc3ccn(Cc4c(F)cccc4Cl)n3)s2)cc1[N+](=O)[O-]. The first kappa shape index (κ1) is 20.9. The van der Waals surface area contributed by atoms with Gasteiger partial charge in [0.15, 0.2) is 5.82 Å². The molecule has 0 aliphatic carbocycles. The van der Waals surface area contributed by atoms with Crippen molar-refractivity contribution in [3.63, 3.8) is 0 Å². The Labute approximate surface area is 184 Å². The summed E-state index contributed by atoms with van der Waals surface area (Å²) in [4.78, 5) is 10.6. The third-order valence-electron chi connectivity index (χ3n) is 4.54. The minimum Gasteiger partial charge on any atom is -0.313 e. The molecule has 0 radical (unpaired) electrons. The molecule has 0 fully saturated rings. The van der Waals surface area contributed by atoms with E-state index < -0.39 is 10.7 Å². The van der Waals surface area contributed by atoms with Gasteiger partial charge < -0.3 is 5.32 Å². The molecule has 0 amide bonds. The number of nitro groups is 1. The number of halogens is 2. The number of anilines is 2. The van der Waals surface area contributed by atoms with Gasteiger partial charge in [-0.1, -0.05) is 29.0 Å². The number of hydrogen-bond donors (Lipinski definition) is 1. The molecule has 160 valence electrons. The van der Waals surface area contributed by atoms with Gasteiger partial charge in [-0.15, -0.1) is 10.2 Å². The van der Waals surface area contributed by atoms with Gasteiger partial charge in [-0.25, -0.2) is 4.39 Å². The highest BCUT2D eigenvalue weighted by atomic mass is 35.5. The summed E-state index contributed by atoms with van der Waals surface area (Å²) in [6.07, 6.45) is 3.07. The van der Waals surface area contributed by atoms with E-state index in [2.05, 4.69) is 25.7 Å². The molecular weight excluding hydrogens is 447 g/mol. The number of aromatic nitrogens is 6. The van der Waals surface area contributed by atoms with Crippen molar-refractivity contribution in [1.29, 1.82) is 0 Å². The third-order valence-corrected chi connectivity index (χ3v) is 5.90. The van der Waals surface area contributed by atoms with E-state index in [9.17, 15) is 14.5 Å². The summed E-state index contributed by atoms with van der Waals surface area (Å²) in [5.74, 6) is 0.114. The second-order valence-corrected chi connectivity index (χ2v) is 8.10. The summed E-state index contributed by atoms with van der Waals surface area (Å²) in [6, 6.07) is 5.92. The fourth-order valence-corrected chi connectivity index (χ4v) is 3.91. The molecule has 0 aliphatic heterocycles. The molecule has 0 saturated heterocycles. The quantitative estimate of drug-likeness (QED) is 0.320. The minimum atomic E-state index is -0.469. The molecule has 1 atom stereocenters. The molecule has 4 aromatic rings. The predicted molar refractivity (Wildman–Crippen MR) is 113 cm³/mol. The zero-order valence-corrected chi connectivity index (χ0v) is 17.9. The largest absolute Gasteiger partial charge is 0.313 e. The van der Waals surface area contributed by atoms with Gasteiger partial charge in [0, 0.05) is 22.8 Å². The van der Waals surface area contributed by atoms with E-state index in [4.69, 9.17) is 11.6 Å². The van der Waals surface area contributed by atoms with Crippen molar-refractivity contribution < 1.29 is 9.31 Å². The van der Waals surface area contributed by atoms with Crippen LogP contribution in [0.4, 0.5) is 21.0 Å². The Morgan fingerprint density at radius 1 is 1.32 bits per heavy atom. The molecule has 10 nitrogen and oxygen atoms in total. The summed E-state index contributed by atoms with van der Waals surface area (Å²) >= 11 is 7.35. The van der Waals surface area contributed by atoms with Crippen LogP contribution in [0.2, 0.25) is 5.02 Å². The molecule has 1 N–H and O–H groups in total. The molecular formula is C18H16ClFN8O2S. The van der Waals surface area contributed by atoms with Gasteiger partial charge in [-0.05, 0) is 26.0 Å². The Hall–Kier alpha value is -3.38. The van der Waals surface area contributed by atoms with Crippen LogP contribution in [0.3, 0.4) is 0 Å². The Morgan fingerprint density at radius 2 is 2.13 bits per heavy atom. The zero-order chi connectivity index (χ0) is 22.1. The first-order valence-corrected chi connectivity index (χ1v) is 10.3. The molecule has 4 rings (SSSR count). The fraction of sp³-hybridized carbons (Fsp3) is 0.222. The van der Waals surface area contributed by atoms with E-state index >= 15 is 0 Å². The molecule has 3 heterocycles. The average molecular weight is 463 g/mol.